The van der Waals surface area contributed by atoms with Gasteiger partial charge in [0, 0.05) is 6.42 Å². The zero-order valence-electron chi connectivity index (χ0n) is 12.8. The molecule has 1 aromatic heterocycles. The topological polar surface area (TPSA) is 76.2 Å². The number of thioether (sulfide) groups is 1. The van der Waals surface area contributed by atoms with Crippen LogP contribution in [-0.2, 0) is 17.0 Å². The first-order chi connectivity index (χ1) is 9.25. The van der Waals surface area contributed by atoms with Crippen LogP contribution in [-0.4, -0.2) is 27.0 Å². The highest BCUT2D eigenvalue weighted by atomic mass is 32.2. The summed E-state index contributed by atoms with van der Waals surface area (Å²) >= 11 is 1.76. The summed E-state index contributed by atoms with van der Waals surface area (Å²) < 4.78 is 5.18. The molecule has 0 saturated carbocycles. The van der Waals surface area contributed by atoms with Crippen LogP contribution in [0.25, 0.3) is 0 Å². The highest BCUT2D eigenvalue weighted by Crippen LogP contribution is 2.31. The molecule has 1 atom stereocenters. The maximum absolute atomic E-state index is 11.4. The zero-order chi connectivity index (χ0) is 15.3. The number of aliphatic carboxylic acids is 1. The lowest BCUT2D eigenvalue weighted by molar-refractivity contribution is -0.150. The van der Waals surface area contributed by atoms with Crippen LogP contribution in [0.4, 0.5) is 0 Å². The molecule has 0 aliphatic rings. The van der Waals surface area contributed by atoms with E-state index in [4.69, 9.17) is 4.52 Å². The largest absolute Gasteiger partial charge is 0.481 e. The van der Waals surface area contributed by atoms with Crippen molar-refractivity contribution in [1.29, 1.82) is 0 Å². The number of carboxylic acid groups (broad SMARTS) is 1. The minimum Gasteiger partial charge on any atom is -0.481 e. The maximum Gasteiger partial charge on any atom is 0.310 e. The number of hydrogen-bond donors (Lipinski definition) is 1. The Bertz CT molecular complexity index is 445. The van der Waals surface area contributed by atoms with Crippen molar-refractivity contribution in [3.8, 4) is 0 Å². The van der Waals surface area contributed by atoms with Gasteiger partial charge in [0.05, 0.1) is 11.2 Å². The molecule has 1 rings (SSSR count). The van der Waals surface area contributed by atoms with Crippen molar-refractivity contribution in [3.05, 3.63) is 11.7 Å². The summed E-state index contributed by atoms with van der Waals surface area (Å²) in [6.45, 7) is 9.83. The maximum atomic E-state index is 11.4. The highest BCUT2D eigenvalue weighted by Gasteiger charge is 2.38. The Labute approximate surface area is 124 Å². The number of carbonyl (C=O) groups is 1. The van der Waals surface area contributed by atoms with Gasteiger partial charge in [0.25, 0.3) is 0 Å². The molecule has 0 aliphatic heterocycles. The minimum absolute atomic E-state index is 0.00864. The predicted octanol–water partition coefficient (Wildman–Crippen LogP) is 3.25. The predicted molar refractivity (Wildman–Crippen MR) is 79.6 cm³/mol. The average Bonchev–Trinajstić information content (AvgIpc) is 2.75. The van der Waals surface area contributed by atoms with Crippen molar-refractivity contribution in [1.82, 2.24) is 10.1 Å². The molecule has 5 nitrogen and oxygen atoms in total. The molecule has 0 aromatic carbocycles. The number of aromatic nitrogens is 2. The third-order valence-corrected chi connectivity index (χ3v) is 4.84. The molecule has 0 fully saturated rings. The van der Waals surface area contributed by atoms with E-state index in [9.17, 15) is 9.90 Å². The molecule has 0 spiro atoms. The molecule has 1 aromatic rings. The third-order valence-electron chi connectivity index (χ3n) is 3.47. The van der Waals surface area contributed by atoms with Gasteiger partial charge in [0.1, 0.15) is 0 Å². The van der Waals surface area contributed by atoms with Crippen molar-refractivity contribution in [2.24, 2.45) is 17.3 Å². The van der Waals surface area contributed by atoms with Crippen LogP contribution < -0.4 is 0 Å². The first kappa shape index (κ1) is 17.0. The van der Waals surface area contributed by atoms with Crippen LogP contribution in [0.1, 0.15) is 46.3 Å². The fourth-order valence-electron chi connectivity index (χ4n) is 1.65. The van der Waals surface area contributed by atoms with E-state index in [0.29, 0.717) is 23.4 Å². The Hall–Kier alpha value is -1.04. The van der Waals surface area contributed by atoms with E-state index in [1.807, 2.05) is 13.8 Å². The molecule has 1 heterocycles. The van der Waals surface area contributed by atoms with Gasteiger partial charge in [-0.05, 0) is 24.5 Å². The normalized spacial score (nSPS) is 14.8. The van der Waals surface area contributed by atoms with Gasteiger partial charge < -0.3 is 9.63 Å². The van der Waals surface area contributed by atoms with E-state index in [-0.39, 0.29) is 12.3 Å². The molecule has 114 valence electrons. The summed E-state index contributed by atoms with van der Waals surface area (Å²) in [5.74, 6) is 2.58. The molecular weight excluding hydrogens is 276 g/mol. The molecule has 0 saturated heterocycles. The van der Waals surface area contributed by atoms with E-state index < -0.39 is 11.4 Å². The molecule has 0 aliphatic carbocycles. The van der Waals surface area contributed by atoms with E-state index >= 15 is 0 Å². The van der Waals surface area contributed by atoms with Crippen LogP contribution in [0.2, 0.25) is 0 Å². The number of carboxylic acids is 1. The fraction of sp³-hybridized carbons (Fsp3) is 0.786. The van der Waals surface area contributed by atoms with Gasteiger partial charge >= 0.3 is 5.97 Å². The molecule has 6 heteroatoms. The number of hydrogen-bond acceptors (Lipinski definition) is 5. The molecule has 20 heavy (non-hydrogen) atoms. The van der Waals surface area contributed by atoms with Crippen LogP contribution >= 0.6 is 11.8 Å². The minimum atomic E-state index is -0.880. The summed E-state index contributed by atoms with van der Waals surface area (Å²) in [4.78, 5) is 15.7. The molecule has 1 unspecified atom stereocenters. The molecule has 0 amide bonds. The molecule has 1 N–H and O–H groups in total. The Morgan fingerprint density at radius 1 is 1.40 bits per heavy atom. The van der Waals surface area contributed by atoms with Crippen LogP contribution in [0.15, 0.2) is 4.52 Å². The lowest BCUT2D eigenvalue weighted by atomic mass is 9.76. The van der Waals surface area contributed by atoms with E-state index in [1.54, 1.807) is 18.7 Å². The lowest BCUT2D eigenvalue weighted by Crippen LogP contribution is -2.35. The smallest absolute Gasteiger partial charge is 0.310 e. The first-order valence-corrected chi connectivity index (χ1v) is 8.03. The van der Waals surface area contributed by atoms with Gasteiger partial charge in [-0.1, -0.05) is 32.9 Å². The second kappa shape index (κ2) is 7.11. The van der Waals surface area contributed by atoms with Crippen molar-refractivity contribution in [3.63, 3.8) is 0 Å². The SMILES string of the molecule is CC(C)CSCc1noc(CC(C)(C(=O)O)C(C)C)n1. The quantitative estimate of drug-likeness (QED) is 0.794. The molecule has 0 bridgehead atoms. The monoisotopic (exact) mass is 300 g/mol. The fourth-order valence-corrected chi connectivity index (χ4v) is 2.54. The third kappa shape index (κ3) is 4.51. The summed E-state index contributed by atoms with van der Waals surface area (Å²) in [7, 11) is 0. The van der Waals surface area contributed by atoms with Crippen LogP contribution in [0, 0.1) is 17.3 Å². The summed E-state index contributed by atoms with van der Waals surface area (Å²) in [5, 5.41) is 13.3. The highest BCUT2D eigenvalue weighted by molar-refractivity contribution is 7.98. The van der Waals surface area contributed by atoms with E-state index in [0.717, 1.165) is 5.75 Å². The van der Waals surface area contributed by atoms with Gasteiger partial charge in [-0.15, -0.1) is 0 Å². The Morgan fingerprint density at radius 2 is 2.05 bits per heavy atom. The molecule has 0 radical (unpaired) electrons. The lowest BCUT2D eigenvalue weighted by Gasteiger charge is -2.27. The molecular formula is C14H24N2O3S. The van der Waals surface area contributed by atoms with Gasteiger partial charge in [-0.3, -0.25) is 4.79 Å². The zero-order valence-corrected chi connectivity index (χ0v) is 13.7. The Balaban J connectivity index is 2.65. The summed E-state index contributed by atoms with van der Waals surface area (Å²) in [6.07, 6.45) is 0.266. The van der Waals surface area contributed by atoms with Crippen molar-refractivity contribution < 1.29 is 14.4 Å². The summed E-state index contributed by atoms with van der Waals surface area (Å²) in [6, 6.07) is 0. The summed E-state index contributed by atoms with van der Waals surface area (Å²) in [5.41, 5.74) is -0.880. The van der Waals surface area contributed by atoms with Crippen LogP contribution in [0.5, 0.6) is 0 Å². The van der Waals surface area contributed by atoms with Gasteiger partial charge in [0.2, 0.25) is 5.89 Å². The van der Waals surface area contributed by atoms with E-state index in [2.05, 4.69) is 24.0 Å². The van der Waals surface area contributed by atoms with Gasteiger partial charge in [-0.25, -0.2) is 0 Å². The van der Waals surface area contributed by atoms with Gasteiger partial charge in [-0.2, -0.15) is 16.7 Å². The van der Waals surface area contributed by atoms with E-state index in [1.165, 1.54) is 0 Å². The second-order valence-electron chi connectivity index (χ2n) is 6.07. The number of nitrogens with zero attached hydrogens (tertiary/aromatic N) is 2. The average molecular weight is 300 g/mol. The standard InChI is InChI=1S/C14H24N2O3S/c1-9(2)7-20-8-11-15-12(19-16-11)6-14(5,10(3)4)13(17)18/h9-10H,6-8H2,1-5H3,(H,17,18). The van der Waals surface area contributed by atoms with Crippen molar-refractivity contribution >= 4 is 17.7 Å². The van der Waals surface area contributed by atoms with Crippen LogP contribution in [0.3, 0.4) is 0 Å². The van der Waals surface area contributed by atoms with Gasteiger partial charge in [0.15, 0.2) is 5.82 Å². The number of rotatable bonds is 8. The Morgan fingerprint density at radius 3 is 2.55 bits per heavy atom. The first-order valence-electron chi connectivity index (χ1n) is 6.88. The van der Waals surface area contributed by atoms with Crippen molar-refractivity contribution in [2.45, 2.75) is 46.8 Å². The Kier molecular flexibility index (Phi) is 6.05. The second-order valence-corrected chi connectivity index (χ2v) is 7.10. The van der Waals surface area contributed by atoms with Crippen molar-refractivity contribution in [2.75, 3.05) is 5.75 Å².